The molecule has 2 aliphatic rings. The largest absolute Gasteiger partial charge is 0.491 e. The van der Waals surface area contributed by atoms with Gasteiger partial charge in [0.05, 0.1) is 22.0 Å². The molecule has 0 radical (unpaired) electrons. The van der Waals surface area contributed by atoms with Crippen molar-refractivity contribution in [3.63, 3.8) is 0 Å². The molecule has 0 aromatic heterocycles. The number of aliphatic hydroxyl groups excluding tert-OH is 1. The fraction of sp³-hybridized carbons (Fsp3) is 0.520. The summed E-state index contributed by atoms with van der Waals surface area (Å²) in [7, 11) is -6.86. The molecule has 0 amide bonds. The monoisotopic (exact) mass is 538 g/mol. The summed E-state index contributed by atoms with van der Waals surface area (Å²) >= 11 is 0. The highest BCUT2D eigenvalue weighted by Gasteiger charge is 2.44. The molecule has 0 saturated carbocycles. The molecule has 4 rings (SSSR count). The van der Waals surface area contributed by atoms with Crippen LogP contribution >= 0.6 is 0 Å². The van der Waals surface area contributed by atoms with Crippen molar-refractivity contribution < 1.29 is 31.4 Å². The molecule has 36 heavy (non-hydrogen) atoms. The molecule has 2 saturated heterocycles. The first-order valence-electron chi connectivity index (χ1n) is 12.0. The van der Waals surface area contributed by atoms with E-state index in [4.69, 9.17) is 9.47 Å². The first kappa shape index (κ1) is 27.0. The highest BCUT2D eigenvalue weighted by Crippen LogP contribution is 2.37. The predicted octanol–water partition coefficient (Wildman–Crippen LogP) is 1.74. The molecule has 1 spiro atoms. The lowest BCUT2D eigenvalue weighted by molar-refractivity contribution is -0.0312. The fourth-order valence-corrected chi connectivity index (χ4v) is 6.93. The molecule has 2 heterocycles. The third-order valence-corrected chi connectivity index (χ3v) is 9.79. The van der Waals surface area contributed by atoms with Crippen LogP contribution in [0.25, 0.3) is 0 Å². The number of sulfone groups is 1. The van der Waals surface area contributed by atoms with Gasteiger partial charge >= 0.3 is 0 Å². The number of hydrogen-bond acceptors (Lipinski definition) is 8. The van der Waals surface area contributed by atoms with Gasteiger partial charge in [-0.3, -0.25) is 0 Å². The average Bonchev–Trinajstić information content (AvgIpc) is 3.23. The maximum atomic E-state index is 13.0. The van der Waals surface area contributed by atoms with E-state index in [2.05, 4.69) is 5.32 Å². The first-order chi connectivity index (χ1) is 17.0. The second-order valence-corrected chi connectivity index (χ2v) is 13.7. The number of benzene rings is 2. The van der Waals surface area contributed by atoms with Crippen LogP contribution in [0.5, 0.6) is 5.75 Å². The van der Waals surface area contributed by atoms with Gasteiger partial charge in [-0.1, -0.05) is 18.2 Å². The summed E-state index contributed by atoms with van der Waals surface area (Å²) < 4.78 is 62.6. The second kappa shape index (κ2) is 10.8. The number of hydrogen-bond donors (Lipinski definition) is 2. The molecule has 11 heteroatoms. The van der Waals surface area contributed by atoms with Crippen molar-refractivity contribution >= 4 is 19.9 Å². The van der Waals surface area contributed by atoms with Gasteiger partial charge < -0.3 is 19.9 Å². The van der Waals surface area contributed by atoms with E-state index >= 15 is 0 Å². The number of nitrogens with zero attached hydrogens (tertiary/aromatic N) is 1. The van der Waals surface area contributed by atoms with E-state index in [-0.39, 0.29) is 23.1 Å². The lowest BCUT2D eigenvalue weighted by Gasteiger charge is -2.38. The van der Waals surface area contributed by atoms with Crippen molar-refractivity contribution in [1.82, 2.24) is 9.62 Å². The number of piperidine rings is 1. The molecule has 2 atom stereocenters. The summed E-state index contributed by atoms with van der Waals surface area (Å²) in [6, 6.07) is 13.2. The smallest absolute Gasteiger partial charge is 0.243 e. The Morgan fingerprint density at radius 1 is 1.11 bits per heavy atom. The Bertz CT molecular complexity index is 1270. The van der Waals surface area contributed by atoms with Crippen molar-refractivity contribution in [2.45, 2.75) is 53.7 Å². The Labute approximate surface area is 213 Å². The van der Waals surface area contributed by atoms with Crippen LogP contribution in [0.2, 0.25) is 0 Å². The molecule has 2 fully saturated rings. The Morgan fingerprint density at radius 3 is 2.50 bits per heavy atom. The van der Waals surface area contributed by atoms with Gasteiger partial charge in [-0.25, -0.2) is 16.8 Å². The van der Waals surface area contributed by atoms with Crippen LogP contribution in [0, 0.1) is 6.92 Å². The number of rotatable bonds is 9. The van der Waals surface area contributed by atoms with Gasteiger partial charge in [0.15, 0.2) is 9.84 Å². The van der Waals surface area contributed by atoms with Crippen molar-refractivity contribution in [1.29, 1.82) is 0 Å². The Kier molecular flexibility index (Phi) is 8.08. The summed E-state index contributed by atoms with van der Waals surface area (Å²) in [5.41, 5.74) is 0.553. The van der Waals surface area contributed by atoms with Gasteiger partial charge in [0.25, 0.3) is 0 Å². The molecule has 2 aromatic carbocycles. The summed E-state index contributed by atoms with van der Waals surface area (Å²) in [5.74, 6) is 0.382. The van der Waals surface area contributed by atoms with Crippen molar-refractivity contribution in [2.75, 3.05) is 39.1 Å². The van der Waals surface area contributed by atoms with Crippen LogP contribution in [-0.2, 0) is 24.6 Å². The Hall–Kier alpha value is -2.02. The third-order valence-electron chi connectivity index (χ3n) is 6.79. The number of sulfonamides is 1. The second-order valence-electron chi connectivity index (χ2n) is 9.74. The number of aryl methyl sites for hydroxylation is 1. The minimum Gasteiger partial charge on any atom is -0.491 e. The zero-order chi connectivity index (χ0) is 26.0. The summed E-state index contributed by atoms with van der Waals surface area (Å²) in [6.07, 6.45) is 2.34. The van der Waals surface area contributed by atoms with Crippen LogP contribution in [0.15, 0.2) is 58.3 Å². The zero-order valence-electron chi connectivity index (χ0n) is 20.6. The predicted molar refractivity (Wildman–Crippen MR) is 135 cm³/mol. The topological polar surface area (TPSA) is 122 Å². The van der Waals surface area contributed by atoms with Crippen molar-refractivity contribution in [3.05, 3.63) is 54.1 Å². The molecule has 0 aliphatic carbocycles. The molecular weight excluding hydrogens is 504 g/mol. The van der Waals surface area contributed by atoms with Crippen molar-refractivity contribution in [3.8, 4) is 5.75 Å². The first-order valence-corrected chi connectivity index (χ1v) is 15.4. The van der Waals surface area contributed by atoms with Crippen molar-refractivity contribution in [2.24, 2.45) is 0 Å². The number of ether oxygens (including phenoxy) is 2. The fourth-order valence-electron chi connectivity index (χ4n) is 4.73. The Morgan fingerprint density at radius 2 is 1.81 bits per heavy atom. The summed E-state index contributed by atoms with van der Waals surface area (Å²) in [5, 5.41) is 13.6. The van der Waals surface area contributed by atoms with Crippen LogP contribution < -0.4 is 10.1 Å². The van der Waals surface area contributed by atoms with Gasteiger partial charge in [0, 0.05) is 31.9 Å². The summed E-state index contributed by atoms with van der Waals surface area (Å²) in [4.78, 5) is 0.489. The zero-order valence-corrected chi connectivity index (χ0v) is 22.2. The molecule has 0 bridgehead atoms. The van der Waals surface area contributed by atoms with Crippen LogP contribution in [0.4, 0.5) is 0 Å². The molecule has 198 valence electrons. The minimum absolute atomic E-state index is 0.0186. The van der Waals surface area contributed by atoms with Crippen LogP contribution in [0.3, 0.4) is 0 Å². The van der Waals surface area contributed by atoms with E-state index in [1.807, 2.05) is 13.0 Å². The normalized spacial score (nSPS) is 21.5. The molecule has 2 aromatic rings. The van der Waals surface area contributed by atoms with E-state index in [1.165, 1.54) is 16.4 Å². The third kappa shape index (κ3) is 6.45. The molecule has 2 N–H and O–H groups in total. The lowest BCUT2D eigenvalue weighted by Crippen LogP contribution is -2.47. The van der Waals surface area contributed by atoms with E-state index < -0.39 is 26.0 Å². The lowest BCUT2D eigenvalue weighted by atomic mass is 9.88. The van der Waals surface area contributed by atoms with Crippen LogP contribution in [-0.4, -0.2) is 83.1 Å². The molecule has 2 unspecified atom stereocenters. The van der Waals surface area contributed by atoms with Gasteiger partial charge in [-0.15, -0.1) is 0 Å². The quantitative estimate of drug-likeness (QED) is 0.495. The SMILES string of the molecule is Cc1cccc(S(=O)(=O)N2CCC3(CC2)CC(NCC(O)COc2cccc(S(C)(=O)=O)c2)CO3)c1. The minimum atomic E-state index is -3.52. The Balaban J connectivity index is 1.23. The van der Waals surface area contributed by atoms with Gasteiger partial charge in [-0.2, -0.15) is 4.31 Å². The maximum Gasteiger partial charge on any atom is 0.243 e. The molecule has 2 aliphatic heterocycles. The number of aliphatic hydroxyl groups is 1. The van der Waals surface area contributed by atoms with E-state index in [0.717, 1.165) is 18.2 Å². The van der Waals surface area contributed by atoms with Gasteiger partial charge in [0.1, 0.15) is 18.5 Å². The highest BCUT2D eigenvalue weighted by atomic mass is 32.2. The molecular formula is C25H34N2O7S2. The molecule has 9 nitrogen and oxygen atoms in total. The van der Waals surface area contributed by atoms with E-state index in [0.29, 0.717) is 49.7 Å². The standard InChI is InChI=1S/C25H34N2O7S2/c1-19-5-3-8-24(13-19)36(31,32)27-11-9-25(10-12-27)15-20(17-34-25)26-16-21(28)18-33-22-6-4-7-23(14-22)35(2,29)30/h3-8,13-14,20-21,26,28H,9-12,15-18H2,1-2H3. The summed E-state index contributed by atoms with van der Waals surface area (Å²) in [6.45, 7) is 3.50. The average molecular weight is 539 g/mol. The van der Waals surface area contributed by atoms with Gasteiger partial charge in [0.2, 0.25) is 10.0 Å². The van der Waals surface area contributed by atoms with Crippen LogP contribution in [0.1, 0.15) is 24.8 Å². The maximum absolute atomic E-state index is 13.0. The van der Waals surface area contributed by atoms with E-state index in [1.54, 1.807) is 30.3 Å². The van der Waals surface area contributed by atoms with Gasteiger partial charge in [-0.05, 0) is 62.1 Å². The number of nitrogens with one attached hydrogen (secondary N) is 1. The highest BCUT2D eigenvalue weighted by molar-refractivity contribution is 7.90. The van der Waals surface area contributed by atoms with E-state index in [9.17, 15) is 21.9 Å².